The van der Waals surface area contributed by atoms with Gasteiger partial charge in [-0.25, -0.2) is 0 Å². The number of hydrogen-bond donors (Lipinski definition) is 1. The Hall–Kier alpha value is -0.710. The maximum absolute atomic E-state index is 11.3. The van der Waals surface area contributed by atoms with E-state index in [0.717, 1.165) is 31.8 Å². The van der Waals surface area contributed by atoms with Gasteiger partial charge >= 0.3 is 0 Å². The number of rotatable bonds is 5. The molecule has 20 heavy (non-hydrogen) atoms. The predicted octanol–water partition coefficient (Wildman–Crippen LogP) is 1.96. The molecule has 1 saturated heterocycles. The maximum Gasteiger partial charge on any atom is 0.0535 e. The lowest BCUT2D eigenvalue weighted by molar-refractivity contribution is 0.105. The lowest BCUT2D eigenvalue weighted by Gasteiger charge is -2.44. The molecular formula is C16H26N2OS. The van der Waals surface area contributed by atoms with Gasteiger partial charge in [-0.1, -0.05) is 30.3 Å². The van der Waals surface area contributed by atoms with Gasteiger partial charge in [0.05, 0.1) is 5.54 Å². The highest BCUT2D eigenvalue weighted by Crippen LogP contribution is 2.25. The predicted molar refractivity (Wildman–Crippen MR) is 86.4 cm³/mol. The maximum atomic E-state index is 11.3. The van der Waals surface area contributed by atoms with Crippen LogP contribution in [-0.2, 0) is 16.3 Å². The molecule has 0 radical (unpaired) electrons. The van der Waals surface area contributed by atoms with Crippen LogP contribution in [0.3, 0.4) is 0 Å². The molecule has 112 valence electrons. The summed E-state index contributed by atoms with van der Waals surface area (Å²) in [4.78, 5) is 2.52. The molecule has 2 rings (SSSR count). The molecule has 0 aromatic heterocycles. The Morgan fingerprint density at radius 1 is 1.40 bits per heavy atom. The monoisotopic (exact) mass is 294 g/mol. The molecule has 4 heteroatoms. The average Bonchev–Trinajstić information content (AvgIpc) is 2.45. The van der Waals surface area contributed by atoms with Crippen molar-refractivity contribution in [2.75, 3.05) is 31.6 Å². The van der Waals surface area contributed by atoms with Crippen LogP contribution < -0.4 is 5.32 Å². The quantitative estimate of drug-likeness (QED) is 0.901. The lowest BCUT2D eigenvalue weighted by atomic mass is 9.89. The first-order chi connectivity index (χ1) is 9.51. The van der Waals surface area contributed by atoms with E-state index in [1.165, 1.54) is 5.56 Å². The Balaban J connectivity index is 2.02. The van der Waals surface area contributed by atoms with Crippen LogP contribution in [0.25, 0.3) is 0 Å². The second-order valence-electron chi connectivity index (χ2n) is 6.01. The molecule has 0 aliphatic carbocycles. The summed E-state index contributed by atoms with van der Waals surface area (Å²) in [5, 5.41) is 3.66. The first-order valence-corrected chi connectivity index (χ1v) is 9.08. The summed E-state index contributed by atoms with van der Waals surface area (Å²) in [5.41, 5.74) is 1.36. The zero-order valence-electron chi connectivity index (χ0n) is 12.8. The highest BCUT2D eigenvalue weighted by atomic mass is 32.2. The molecule has 1 N–H and O–H groups in total. The first-order valence-electron chi connectivity index (χ1n) is 7.36. The molecule has 1 aliphatic heterocycles. The van der Waals surface area contributed by atoms with Crippen LogP contribution in [-0.4, -0.2) is 46.8 Å². The molecule has 1 heterocycles. The third-order valence-corrected chi connectivity index (χ3v) is 5.10. The third kappa shape index (κ3) is 3.90. The van der Waals surface area contributed by atoms with Crippen molar-refractivity contribution in [3.05, 3.63) is 35.9 Å². The van der Waals surface area contributed by atoms with E-state index < -0.39 is 10.8 Å². The van der Waals surface area contributed by atoms with Crippen molar-refractivity contribution in [1.82, 2.24) is 10.2 Å². The minimum Gasteiger partial charge on any atom is -0.305 e. The van der Waals surface area contributed by atoms with Gasteiger partial charge in [-0.2, -0.15) is 0 Å². The number of benzene rings is 1. The van der Waals surface area contributed by atoms with Crippen LogP contribution in [0.4, 0.5) is 0 Å². The molecule has 3 atom stereocenters. The van der Waals surface area contributed by atoms with Crippen molar-refractivity contribution in [3.8, 4) is 0 Å². The van der Waals surface area contributed by atoms with Gasteiger partial charge < -0.3 is 5.32 Å². The first kappa shape index (κ1) is 15.7. The number of piperazine rings is 1. The van der Waals surface area contributed by atoms with Gasteiger partial charge in [-0.15, -0.1) is 0 Å². The van der Waals surface area contributed by atoms with Gasteiger partial charge in [0, 0.05) is 48.5 Å². The third-order valence-electron chi connectivity index (χ3n) is 4.29. The topological polar surface area (TPSA) is 32.3 Å². The van der Waals surface area contributed by atoms with Gasteiger partial charge in [0.1, 0.15) is 0 Å². The fourth-order valence-corrected chi connectivity index (χ4v) is 3.58. The van der Waals surface area contributed by atoms with E-state index in [-0.39, 0.29) is 5.54 Å². The fourth-order valence-electron chi connectivity index (χ4n) is 2.91. The summed E-state index contributed by atoms with van der Waals surface area (Å²) in [7, 11) is -0.688. The summed E-state index contributed by atoms with van der Waals surface area (Å²) in [6, 6.07) is 11.1. The van der Waals surface area contributed by atoms with E-state index in [4.69, 9.17) is 0 Å². The number of nitrogens with zero attached hydrogens (tertiary/aromatic N) is 1. The van der Waals surface area contributed by atoms with Crippen LogP contribution >= 0.6 is 0 Å². The van der Waals surface area contributed by atoms with E-state index in [1.54, 1.807) is 6.26 Å². The van der Waals surface area contributed by atoms with E-state index in [9.17, 15) is 4.21 Å². The highest BCUT2D eigenvalue weighted by molar-refractivity contribution is 7.84. The summed E-state index contributed by atoms with van der Waals surface area (Å²) in [5.74, 6) is 0.799. The number of nitrogens with one attached hydrogen (secondary N) is 1. The SMILES string of the molecule is CC(CCS(C)=O)N1CCNC(C)(c2ccccc2)C1. The van der Waals surface area contributed by atoms with Crippen molar-refractivity contribution < 1.29 is 4.21 Å². The van der Waals surface area contributed by atoms with Crippen molar-refractivity contribution in [3.63, 3.8) is 0 Å². The Bertz CT molecular complexity index is 451. The van der Waals surface area contributed by atoms with E-state index in [2.05, 4.69) is 54.4 Å². The molecule has 1 aliphatic rings. The molecule has 0 saturated carbocycles. The van der Waals surface area contributed by atoms with Crippen LogP contribution in [0, 0.1) is 0 Å². The zero-order valence-corrected chi connectivity index (χ0v) is 13.6. The lowest BCUT2D eigenvalue weighted by Crippen LogP contribution is -2.58. The minimum atomic E-state index is -0.688. The van der Waals surface area contributed by atoms with Gasteiger partial charge in [-0.3, -0.25) is 9.11 Å². The van der Waals surface area contributed by atoms with E-state index in [1.807, 2.05) is 0 Å². The van der Waals surface area contributed by atoms with Crippen molar-refractivity contribution >= 4 is 10.8 Å². The van der Waals surface area contributed by atoms with Crippen LogP contribution in [0.2, 0.25) is 0 Å². The van der Waals surface area contributed by atoms with E-state index >= 15 is 0 Å². The summed E-state index contributed by atoms with van der Waals surface area (Å²) >= 11 is 0. The smallest absolute Gasteiger partial charge is 0.0535 e. The average molecular weight is 294 g/mol. The summed E-state index contributed by atoms with van der Waals surface area (Å²) in [6.45, 7) is 7.61. The summed E-state index contributed by atoms with van der Waals surface area (Å²) < 4.78 is 11.3. The fraction of sp³-hybridized carbons (Fsp3) is 0.625. The zero-order chi connectivity index (χ0) is 14.6. The normalized spacial score (nSPS) is 27.1. The molecule has 1 aromatic carbocycles. The Morgan fingerprint density at radius 2 is 2.10 bits per heavy atom. The standard InChI is InChI=1S/C16H26N2OS/c1-14(9-12-20(3)19)18-11-10-17-16(2,13-18)15-7-5-4-6-8-15/h4-8,14,17H,9-13H2,1-3H3. The Labute approximate surface area is 125 Å². The van der Waals surface area contributed by atoms with Crippen LogP contribution in [0.5, 0.6) is 0 Å². The van der Waals surface area contributed by atoms with Crippen LogP contribution in [0.1, 0.15) is 25.8 Å². The second kappa shape index (κ2) is 6.83. The highest BCUT2D eigenvalue weighted by Gasteiger charge is 2.33. The molecule has 3 unspecified atom stereocenters. The van der Waals surface area contributed by atoms with Crippen molar-refractivity contribution in [2.24, 2.45) is 0 Å². The second-order valence-corrected chi connectivity index (χ2v) is 7.57. The molecule has 1 fully saturated rings. The molecule has 0 bridgehead atoms. The largest absolute Gasteiger partial charge is 0.305 e. The van der Waals surface area contributed by atoms with Gasteiger partial charge in [0.2, 0.25) is 0 Å². The molecule has 0 amide bonds. The minimum absolute atomic E-state index is 0.0130. The summed E-state index contributed by atoms with van der Waals surface area (Å²) in [6.07, 6.45) is 2.80. The van der Waals surface area contributed by atoms with Gasteiger partial charge in [-0.05, 0) is 25.8 Å². The molecular weight excluding hydrogens is 268 g/mol. The van der Waals surface area contributed by atoms with Crippen molar-refractivity contribution in [2.45, 2.75) is 31.8 Å². The van der Waals surface area contributed by atoms with E-state index in [0.29, 0.717) is 6.04 Å². The molecule has 1 aromatic rings. The Morgan fingerprint density at radius 3 is 2.75 bits per heavy atom. The molecule has 3 nitrogen and oxygen atoms in total. The van der Waals surface area contributed by atoms with Gasteiger partial charge in [0.15, 0.2) is 0 Å². The van der Waals surface area contributed by atoms with Crippen LogP contribution in [0.15, 0.2) is 30.3 Å². The van der Waals surface area contributed by atoms with Gasteiger partial charge in [0.25, 0.3) is 0 Å². The number of hydrogen-bond acceptors (Lipinski definition) is 3. The Kier molecular flexibility index (Phi) is 5.35. The van der Waals surface area contributed by atoms with Crippen molar-refractivity contribution in [1.29, 1.82) is 0 Å². The molecule has 0 spiro atoms.